The minimum Gasteiger partial charge on any atom is -0.486 e. The van der Waals surface area contributed by atoms with Crippen molar-refractivity contribution in [1.29, 1.82) is 0 Å². The summed E-state index contributed by atoms with van der Waals surface area (Å²) in [5.74, 6) is 0.498. The number of carbonyl (C=O) groups is 1. The first-order valence-corrected chi connectivity index (χ1v) is 9.18. The summed E-state index contributed by atoms with van der Waals surface area (Å²) in [7, 11) is 3.60. The predicted octanol–water partition coefficient (Wildman–Crippen LogP) is 2.91. The second-order valence-corrected chi connectivity index (χ2v) is 7.28. The van der Waals surface area contributed by atoms with Gasteiger partial charge in [-0.05, 0) is 43.7 Å². The molecular weight excluding hydrogens is 341 g/mol. The zero-order valence-electron chi connectivity index (χ0n) is 14.4. The zero-order chi connectivity index (χ0) is 17.8. The van der Waals surface area contributed by atoms with Gasteiger partial charge in [-0.2, -0.15) is 0 Å². The van der Waals surface area contributed by atoms with E-state index in [1.807, 2.05) is 5.38 Å². The van der Waals surface area contributed by atoms with E-state index in [0.717, 1.165) is 30.1 Å². The van der Waals surface area contributed by atoms with E-state index in [1.54, 1.807) is 31.1 Å². The highest BCUT2D eigenvalue weighted by molar-refractivity contribution is 7.09. The summed E-state index contributed by atoms with van der Waals surface area (Å²) < 4.78 is 18.5. The first-order valence-electron chi connectivity index (χ1n) is 8.30. The first kappa shape index (κ1) is 17.8. The van der Waals surface area contributed by atoms with Crippen LogP contribution in [0, 0.1) is 5.82 Å². The molecule has 0 radical (unpaired) electrons. The van der Waals surface area contributed by atoms with Gasteiger partial charge in [0.1, 0.15) is 23.2 Å². The summed E-state index contributed by atoms with van der Waals surface area (Å²) in [6.45, 7) is 1.96. The van der Waals surface area contributed by atoms with Crippen LogP contribution in [0.25, 0.3) is 0 Å². The number of amides is 1. The van der Waals surface area contributed by atoms with E-state index in [4.69, 9.17) is 4.74 Å². The van der Waals surface area contributed by atoms with E-state index >= 15 is 0 Å². The van der Waals surface area contributed by atoms with Crippen LogP contribution in [0.5, 0.6) is 5.75 Å². The first-order chi connectivity index (χ1) is 12.0. The maximum Gasteiger partial charge on any atom is 0.239 e. The predicted molar refractivity (Wildman–Crippen MR) is 95.0 cm³/mol. The number of nitrogens with zero attached hydrogens (tertiary/aromatic N) is 3. The minimum absolute atomic E-state index is 0.0457. The van der Waals surface area contributed by atoms with Crippen molar-refractivity contribution in [3.05, 3.63) is 46.2 Å². The van der Waals surface area contributed by atoms with Gasteiger partial charge in [0.15, 0.2) is 0 Å². The summed E-state index contributed by atoms with van der Waals surface area (Å²) in [5.41, 5.74) is 0.959. The Hall–Kier alpha value is -1.99. The maximum atomic E-state index is 12.9. The quantitative estimate of drug-likeness (QED) is 0.792. The molecule has 0 spiro atoms. The Morgan fingerprint density at radius 1 is 1.40 bits per heavy atom. The van der Waals surface area contributed by atoms with Crippen molar-refractivity contribution in [2.24, 2.45) is 0 Å². The molecule has 0 bridgehead atoms. The van der Waals surface area contributed by atoms with Gasteiger partial charge < -0.3 is 9.64 Å². The summed E-state index contributed by atoms with van der Waals surface area (Å²) in [6, 6.07) is 5.91. The van der Waals surface area contributed by atoms with Gasteiger partial charge in [-0.15, -0.1) is 11.3 Å². The molecule has 0 unspecified atom stereocenters. The lowest BCUT2D eigenvalue weighted by Crippen LogP contribution is -2.42. The minimum atomic E-state index is -0.281. The number of rotatable bonds is 6. The van der Waals surface area contributed by atoms with Gasteiger partial charge in [0.25, 0.3) is 0 Å². The molecule has 1 saturated heterocycles. The number of hydrogen-bond acceptors (Lipinski definition) is 5. The molecule has 2 aromatic rings. The molecule has 1 atom stereocenters. The standard InChI is InChI=1S/C18H22FN3O2S/c1-21(2)18(23)16-4-3-9-22(16)10-14-12-25-17(20-14)11-24-15-7-5-13(19)6-8-15/h5-8,12,16H,3-4,9-11H2,1-2H3/t16-/m1/s1. The van der Waals surface area contributed by atoms with Crippen LogP contribution in [0.2, 0.25) is 0 Å². The molecule has 25 heavy (non-hydrogen) atoms. The van der Waals surface area contributed by atoms with E-state index in [2.05, 4.69) is 9.88 Å². The largest absolute Gasteiger partial charge is 0.486 e. The fourth-order valence-corrected chi connectivity index (χ4v) is 3.66. The summed E-state index contributed by atoms with van der Waals surface area (Å²) in [6.07, 6.45) is 1.94. The van der Waals surface area contributed by atoms with Crippen molar-refractivity contribution in [2.75, 3.05) is 20.6 Å². The topological polar surface area (TPSA) is 45.7 Å². The van der Waals surface area contributed by atoms with Gasteiger partial charge >= 0.3 is 0 Å². The number of halogens is 1. The van der Waals surface area contributed by atoms with Gasteiger partial charge in [-0.25, -0.2) is 9.37 Å². The Balaban J connectivity index is 1.56. The lowest BCUT2D eigenvalue weighted by molar-refractivity contribution is -0.133. The Kier molecular flexibility index (Phi) is 5.65. The van der Waals surface area contributed by atoms with Crippen LogP contribution < -0.4 is 4.74 Å². The SMILES string of the molecule is CN(C)C(=O)[C@H]1CCCN1Cc1csc(COc2ccc(F)cc2)n1. The summed E-state index contributed by atoms with van der Waals surface area (Å²) in [4.78, 5) is 20.7. The van der Waals surface area contributed by atoms with Crippen molar-refractivity contribution in [2.45, 2.75) is 32.0 Å². The fourth-order valence-electron chi connectivity index (χ4n) is 2.96. The Labute approximate surface area is 151 Å². The number of ether oxygens (including phenoxy) is 1. The molecule has 3 rings (SSSR count). The van der Waals surface area contributed by atoms with Crippen molar-refractivity contribution in [3.63, 3.8) is 0 Å². The monoisotopic (exact) mass is 363 g/mol. The van der Waals surface area contributed by atoms with Gasteiger partial charge in [0.2, 0.25) is 5.91 Å². The number of benzene rings is 1. The molecule has 1 aliphatic heterocycles. The Morgan fingerprint density at radius 3 is 2.88 bits per heavy atom. The number of likely N-dealkylation sites (tertiary alicyclic amines) is 1. The summed E-state index contributed by atoms with van der Waals surface area (Å²) in [5, 5.41) is 2.88. The molecule has 1 aromatic carbocycles. The number of likely N-dealkylation sites (N-methyl/N-ethyl adjacent to an activating group) is 1. The van der Waals surface area contributed by atoms with Gasteiger partial charge in [-0.3, -0.25) is 9.69 Å². The van der Waals surface area contributed by atoms with E-state index in [9.17, 15) is 9.18 Å². The molecule has 134 valence electrons. The van der Waals surface area contributed by atoms with E-state index in [1.165, 1.54) is 23.5 Å². The molecule has 0 aliphatic carbocycles. The average Bonchev–Trinajstić information content (AvgIpc) is 3.23. The Morgan fingerprint density at radius 2 is 2.16 bits per heavy atom. The molecule has 1 amide bonds. The molecular formula is C18H22FN3O2S. The van der Waals surface area contributed by atoms with E-state index in [-0.39, 0.29) is 17.8 Å². The van der Waals surface area contributed by atoms with Crippen molar-refractivity contribution in [3.8, 4) is 5.75 Å². The van der Waals surface area contributed by atoms with E-state index in [0.29, 0.717) is 18.9 Å². The average molecular weight is 363 g/mol. The highest BCUT2D eigenvalue weighted by atomic mass is 32.1. The highest BCUT2D eigenvalue weighted by Crippen LogP contribution is 2.23. The second kappa shape index (κ2) is 7.93. The molecule has 5 nitrogen and oxygen atoms in total. The van der Waals surface area contributed by atoms with Gasteiger partial charge in [0.05, 0.1) is 11.7 Å². The number of carbonyl (C=O) groups excluding carboxylic acids is 1. The maximum absolute atomic E-state index is 12.9. The molecule has 1 fully saturated rings. The van der Waals surface area contributed by atoms with Gasteiger partial charge in [0, 0.05) is 26.0 Å². The normalized spacial score (nSPS) is 17.6. The van der Waals surface area contributed by atoms with E-state index < -0.39 is 0 Å². The molecule has 7 heteroatoms. The van der Waals surface area contributed by atoms with Crippen LogP contribution in [-0.4, -0.2) is 47.4 Å². The van der Waals surface area contributed by atoms with Crippen LogP contribution in [-0.2, 0) is 17.9 Å². The third-order valence-electron chi connectivity index (χ3n) is 4.23. The van der Waals surface area contributed by atoms with Crippen LogP contribution in [0.3, 0.4) is 0 Å². The molecule has 0 saturated carbocycles. The highest BCUT2D eigenvalue weighted by Gasteiger charge is 2.31. The second-order valence-electron chi connectivity index (χ2n) is 6.34. The van der Waals surface area contributed by atoms with Crippen LogP contribution in [0.1, 0.15) is 23.5 Å². The summed E-state index contributed by atoms with van der Waals surface area (Å²) >= 11 is 1.54. The molecule has 2 heterocycles. The van der Waals surface area contributed by atoms with Crippen LogP contribution in [0.15, 0.2) is 29.6 Å². The fraction of sp³-hybridized carbons (Fsp3) is 0.444. The molecule has 1 aliphatic rings. The number of hydrogen-bond donors (Lipinski definition) is 0. The zero-order valence-corrected chi connectivity index (χ0v) is 15.3. The molecule has 0 N–H and O–H groups in total. The Bertz CT molecular complexity index is 717. The van der Waals surface area contributed by atoms with Gasteiger partial charge in [-0.1, -0.05) is 0 Å². The lowest BCUT2D eigenvalue weighted by Gasteiger charge is -2.25. The third kappa shape index (κ3) is 4.55. The number of aromatic nitrogens is 1. The molecule has 1 aromatic heterocycles. The van der Waals surface area contributed by atoms with Crippen molar-refractivity contribution < 1.29 is 13.9 Å². The smallest absolute Gasteiger partial charge is 0.239 e. The lowest BCUT2D eigenvalue weighted by atomic mass is 10.2. The van der Waals surface area contributed by atoms with Crippen molar-refractivity contribution in [1.82, 2.24) is 14.8 Å². The van der Waals surface area contributed by atoms with Crippen molar-refractivity contribution >= 4 is 17.2 Å². The van der Waals surface area contributed by atoms with Crippen LogP contribution in [0.4, 0.5) is 4.39 Å². The number of thiazole rings is 1. The third-order valence-corrected chi connectivity index (χ3v) is 5.10. The van der Waals surface area contributed by atoms with Crippen LogP contribution >= 0.6 is 11.3 Å².